The molecule has 0 saturated carbocycles. The molecule has 0 heterocycles. The van der Waals surface area contributed by atoms with Crippen molar-refractivity contribution in [3.8, 4) is 0 Å². The first kappa shape index (κ1) is 10.7. The van der Waals surface area contributed by atoms with Gasteiger partial charge in [-0.15, -0.1) is 0 Å². The molecular weight excluding hydrogens is 196 g/mol. The van der Waals surface area contributed by atoms with Crippen LogP contribution in [0.3, 0.4) is 0 Å². The Balaban J connectivity index is 3.17. The molecule has 0 amide bonds. The van der Waals surface area contributed by atoms with Gasteiger partial charge >= 0.3 is 0 Å². The highest BCUT2D eigenvalue weighted by atomic mass is 32.1. The van der Waals surface area contributed by atoms with Crippen molar-refractivity contribution in [1.82, 2.24) is 0 Å². The second-order valence-electron chi connectivity index (χ2n) is 3.14. The first-order valence-corrected chi connectivity index (χ1v) is 4.58. The van der Waals surface area contributed by atoms with Crippen molar-refractivity contribution in [2.75, 3.05) is 5.32 Å². The number of nitrogens with one attached hydrogen (secondary N) is 1. The smallest absolute Gasteiger partial charge is 0.168 e. The molecule has 1 aromatic rings. The van der Waals surface area contributed by atoms with Gasteiger partial charge in [0.05, 0.1) is 0 Å². The Bertz CT molecular complexity index is 365. The van der Waals surface area contributed by atoms with Crippen LogP contribution in [0.15, 0.2) is 12.1 Å². The SMILES string of the molecule is Cc1cc(C=O)cc(C)c1NC(N)=S. The summed E-state index contributed by atoms with van der Waals surface area (Å²) in [5.74, 6) is 0. The average molecular weight is 208 g/mol. The number of aldehydes is 1. The van der Waals surface area contributed by atoms with Crippen molar-refractivity contribution in [1.29, 1.82) is 0 Å². The molecular formula is C10H12N2OS. The van der Waals surface area contributed by atoms with Crippen LogP contribution in [-0.4, -0.2) is 11.4 Å². The Labute approximate surface area is 88.3 Å². The molecule has 0 saturated heterocycles. The highest BCUT2D eigenvalue weighted by molar-refractivity contribution is 7.80. The monoisotopic (exact) mass is 208 g/mol. The largest absolute Gasteiger partial charge is 0.376 e. The fourth-order valence-electron chi connectivity index (χ4n) is 1.39. The fourth-order valence-corrected chi connectivity index (χ4v) is 1.49. The number of aryl methyl sites for hydroxylation is 2. The quantitative estimate of drug-likeness (QED) is 0.574. The molecule has 0 fully saturated rings. The zero-order valence-corrected chi connectivity index (χ0v) is 8.94. The lowest BCUT2D eigenvalue weighted by Crippen LogP contribution is -2.20. The first-order chi connectivity index (χ1) is 6.54. The van der Waals surface area contributed by atoms with Gasteiger partial charge in [-0.1, -0.05) is 0 Å². The van der Waals surface area contributed by atoms with Crippen LogP contribution in [0.5, 0.6) is 0 Å². The van der Waals surface area contributed by atoms with Gasteiger partial charge in [0.25, 0.3) is 0 Å². The summed E-state index contributed by atoms with van der Waals surface area (Å²) in [6, 6.07) is 3.58. The number of carbonyl (C=O) groups is 1. The van der Waals surface area contributed by atoms with Crippen LogP contribution in [0.2, 0.25) is 0 Å². The van der Waals surface area contributed by atoms with E-state index in [2.05, 4.69) is 5.32 Å². The minimum atomic E-state index is 0.232. The van der Waals surface area contributed by atoms with E-state index in [0.717, 1.165) is 23.1 Å². The van der Waals surface area contributed by atoms with Crippen LogP contribution < -0.4 is 11.1 Å². The summed E-state index contributed by atoms with van der Waals surface area (Å²) in [6.45, 7) is 3.81. The van der Waals surface area contributed by atoms with E-state index >= 15 is 0 Å². The molecule has 0 bridgehead atoms. The lowest BCUT2D eigenvalue weighted by atomic mass is 10.1. The summed E-state index contributed by atoms with van der Waals surface area (Å²) >= 11 is 4.76. The summed E-state index contributed by atoms with van der Waals surface area (Å²) in [5.41, 5.74) is 8.84. The van der Waals surface area contributed by atoms with Gasteiger partial charge in [-0.05, 0) is 49.3 Å². The van der Waals surface area contributed by atoms with Crippen molar-refractivity contribution in [3.63, 3.8) is 0 Å². The Morgan fingerprint density at radius 3 is 2.29 bits per heavy atom. The highest BCUT2D eigenvalue weighted by Gasteiger charge is 2.04. The van der Waals surface area contributed by atoms with Crippen LogP contribution in [0.25, 0.3) is 0 Å². The number of benzene rings is 1. The van der Waals surface area contributed by atoms with Gasteiger partial charge in [0, 0.05) is 11.3 Å². The van der Waals surface area contributed by atoms with E-state index in [4.69, 9.17) is 18.0 Å². The molecule has 0 radical (unpaired) electrons. The van der Waals surface area contributed by atoms with Gasteiger partial charge in [-0.2, -0.15) is 0 Å². The Morgan fingerprint density at radius 2 is 1.93 bits per heavy atom. The van der Waals surface area contributed by atoms with Gasteiger partial charge in [-0.3, -0.25) is 4.79 Å². The molecule has 0 aromatic heterocycles. The third kappa shape index (κ3) is 2.29. The average Bonchev–Trinajstić information content (AvgIpc) is 2.10. The zero-order chi connectivity index (χ0) is 10.7. The van der Waals surface area contributed by atoms with E-state index in [1.54, 1.807) is 12.1 Å². The van der Waals surface area contributed by atoms with Gasteiger partial charge in [0.2, 0.25) is 0 Å². The third-order valence-corrected chi connectivity index (χ3v) is 2.04. The normalized spacial score (nSPS) is 9.57. The molecule has 0 aliphatic heterocycles. The number of hydrogen-bond donors (Lipinski definition) is 2. The molecule has 4 heteroatoms. The van der Waals surface area contributed by atoms with Crippen molar-refractivity contribution >= 4 is 29.3 Å². The van der Waals surface area contributed by atoms with Crippen LogP contribution >= 0.6 is 12.2 Å². The highest BCUT2D eigenvalue weighted by Crippen LogP contribution is 2.21. The summed E-state index contributed by atoms with van der Waals surface area (Å²) in [6.07, 6.45) is 0.824. The van der Waals surface area contributed by atoms with Gasteiger partial charge in [0.1, 0.15) is 6.29 Å². The van der Waals surface area contributed by atoms with E-state index in [1.165, 1.54) is 0 Å². The molecule has 0 aliphatic rings. The maximum Gasteiger partial charge on any atom is 0.168 e. The van der Waals surface area contributed by atoms with E-state index in [9.17, 15) is 4.79 Å². The number of thiocarbonyl (C=S) groups is 1. The maximum absolute atomic E-state index is 10.6. The number of anilines is 1. The number of nitrogens with two attached hydrogens (primary N) is 1. The van der Waals surface area contributed by atoms with E-state index < -0.39 is 0 Å². The zero-order valence-electron chi connectivity index (χ0n) is 8.13. The van der Waals surface area contributed by atoms with Crippen molar-refractivity contribution < 1.29 is 4.79 Å². The second-order valence-corrected chi connectivity index (χ2v) is 3.58. The second kappa shape index (κ2) is 4.19. The molecule has 0 unspecified atom stereocenters. The molecule has 1 rings (SSSR count). The van der Waals surface area contributed by atoms with Crippen LogP contribution in [0, 0.1) is 13.8 Å². The molecule has 0 spiro atoms. The summed E-state index contributed by atoms with van der Waals surface area (Å²) < 4.78 is 0. The summed E-state index contributed by atoms with van der Waals surface area (Å²) in [5, 5.41) is 3.12. The minimum Gasteiger partial charge on any atom is -0.376 e. The van der Waals surface area contributed by atoms with Gasteiger partial charge in [-0.25, -0.2) is 0 Å². The molecule has 3 nitrogen and oxygen atoms in total. The topological polar surface area (TPSA) is 55.1 Å². The predicted molar refractivity (Wildman–Crippen MR) is 61.7 cm³/mol. The van der Waals surface area contributed by atoms with E-state index in [0.29, 0.717) is 5.56 Å². The third-order valence-electron chi connectivity index (χ3n) is 1.94. The van der Waals surface area contributed by atoms with Gasteiger partial charge < -0.3 is 11.1 Å². The van der Waals surface area contributed by atoms with Gasteiger partial charge in [0.15, 0.2) is 5.11 Å². The molecule has 14 heavy (non-hydrogen) atoms. The lowest BCUT2D eigenvalue weighted by molar-refractivity contribution is 0.112. The Kier molecular flexibility index (Phi) is 3.19. The molecule has 3 N–H and O–H groups in total. The minimum absolute atomic E-state index is 0.232. The van der Waals surface area contributed by atoms with E-state index in [1.807, 2.05) is 13.8 Å². The molecule has 74 valence electrons. The number of hydrogen-bond acceptors (Lipinski definition) is 2. The predicted octanol–water partition coefficient (Wildman–Crippen LogP) is 1.77. The van der Waals surface area contributed by atoms with E-state index in [-0.39, 0.29) is 5.11 Å². The van der Waals surface area contributed by atoms with Crippen molar-refractivity contribution in [2.45, 2.75) is 13.8 Å². The van der Waals surface area contributed by atoms with Crippen molar-refractivity contribution in [3.05, 3.63) is 28.8 Å². The maximum atomic E-state index is 10.6. The summed E-state index contributed by atoms with van der Waals surface area (Å²) in [7, 11) is 0. The molecule has 0 aliphatic carbocycles. The standard InChI is InChI=1S/C10H12N2OS/c1-6-3-8(5-13)4-7(2)9(6)12-10(11)14/h3-5H,1-2H3,(H3,11,12,14). The van der Waals surface area contributed by atoms with Crippen LogP contribution in [0.1, 0.15) is 21.5 Å². The van der Waals surface area contributed by atoms with Crippen molar-refractivity contribution in [2.24, 2.45) is 5.73 Å². The molecule has 1 aromatic carbocycles. The van der Waals surface area contributed by atoms with Crippen LogP contribution in [-0.2, 0) is 0 Å². The number of carbonyl (C=O) groups excluding carboxylic acids is 1. The molecule has 0 atom stereocenters. The Hall–Kier alpha value is -1.42. The Morgan fingerprint density at radius 1 is 1.43 bits per heavy atom. The summed E-state index contributed by atoms with van der Waals surface area (Å²) in [4.78, 5) is 10.6. The van der Waals surface area contributed by atoms with Crippen LogP contribution in [0.4, 0.5) is 5.69 Å². The first-order valence-electron chi connectivity index (χ1n) is 4.17. The number of rotatable bonds is 2. The lowest BCUT2D eigenvalue weighted by Gasteiger charge is -2.11. The fraction of sp³-hybridized carbons (Fsp3) is 0.200.